The summed E-state index contributed by atoms with van der Waals surface area (Å²) in [5.41, 5.74) is 8.44. The number of carbonyl (C=O) groups excluding carboxylic acids is 3. The fourth-order valence-electron chi connectivity index (χ4n) is 10.0. The Balaban J connectivity index is 1.19. The van der Waals surface area contributed by atoms with E-state index in [2.05, 4.69) is 24.2 Å². The van der Waals surface area contributed by atoms with Crippen LogP contribution in [0.25, 0.3) is 0 Å². The van der Waals surface area contributed by atoms with Crippen LogP contribution in [0.5, 0.6) is 0 Å². The summed E-state index contributed by atoms with van der Waals surface area (Å²) in [5.74, 6) is 2.08. The van der Waals surface area contributed by atoms with Crippen molar-refractivity contribution in [3.63, 3.8) is 0 Å². The molecule has 1 amide bonds. The van der Waals surface area contributed by atoms with Gasteiger partial charge in [-0.15, -0.1) is 0 Å². The van der Waals surface area contributed by atoms with Gasteiger partial charge in [0.15, 0.2) is 5.03 Å². The zero-order chi connectivity index (χ0) is 33.8. The van der Waals surface area contributed by atoms with Crippen LogP contribution in [-0.4, -0.2) is 47.5 Å². The first-order valence-electron chi connectivity index (χ1n) is 17.3. The van der Waals surface area contributed by atoms with Gasteiger partial charge in [-0.05, 0) is 118 Å². The van der Waals surface area contributed by atoms with Crippen LogP contribution in [0.4, 0.5) is 4.79 Å². The number of Topliss-reactive ketones (excluding diaryl/α,β-unsaturated/α-hetero) is 1. The molecule has 12 nitrogen and oxygen atoms in total. The van der Waals surface area contributed by atoms with Gasteiger partial charge in [0.05, 0.1) is 0 Å². The van der Waals surface area contributed by atoms with Crippen molar-refractivity contribution in [1.29, 1.82) is 0 Å². The van der Waals surface area contributed by atoms with Crippen molar-refractivity contribution in [3.8, 4) is 0 Å². The van der Waals surface area contributed by atoms with Gasteiger partial charge in [-0.2, -0.15) is 0 Å². The van der Waals surface area contributed by atoms with E-state index >= 15 is 0 Å². The maximum Gasteiger partial charge on any atom is 0.408 e. The Kier molecular flexibility index (Phi) is 10.8. The van der Waals surface area contributed by atoms with Gasteiger partial charge in [-0.25, -0.2) is 24.7 Å². The standard InChI is InChI=1S/C35H51N5O7/c1-22(41)27-13-14-28-26-12-11-24-20-25(15-17-34(24,2)29(26)16-18-35(27,28)3)47-31(42)30(10-7-19-37-32(36)39-40(44)45)38-33(43)46-21-23-8-5-4-6-9-23/h4-6,8-9,24-30H,7,10-21H2,1-3H3,(H,38,43)(H3,36,37,39)/t24-,25-,26+,27-,28+,29+,30+,34+,35-/m1/s1. The minimum atomic E-state index is -0.963. The number of alkyl carbamates (subject to hydrolysis) is 1. The van der Waals surface area contributed by atoms with Crippen molar-refractivity contribution >= 4 is 23.8 Å². The number of ketones is 1. The molecule has 0 aromatic heterocycles. The number of nitrogens with zero attached hydrogens (tertiary/aromatic N) is 2. The molecule has 1 aromatic carbocycles. The highest BCUT2D eigenvalue weighted by Gasteiger charge is 2.61. The molecule has 0 aliphatic heterocycles. The number of aliphatic imine (C=N–C) groups is 1. The number of hydrazine groups is 1. The molecular weight excluding hydrogens is 602 g/mol. The Morgan fingerprint density at radius 3 is 2.49 bits per heavy atom. The van der Waals surface area contributed by atoms with Crippen LogP contribution in [0.3, 0.4) is 0 Å². The van der Waals surface area contributed by atoms with E-state index in [-0.39, 0.29) is 48.4 Å². The van der Waals surface area contributed by atoms with Crippen LogP contribution in [-0.2, 0) is 25.7 Å². The lowest BCUT2D eigenvalue weighted by Gasteiger charge is -2.61. The molecule has 0 radical (unpaired) electrons. The van der Waals surface area contributed by atoms with Crippen LogP contribution in [0, 0.1) is 50.5 Å². The van der Waals surface area contributed by atoms with E-state index in [1.54, 1.807) is 12.3 Å². The molecule has 12 heteroatoms. The van der Waals surface area contributed by atoms with Crippen molar-refractivity contribution in [1.82, 2.24) is 10.7 Å². The van der Waals surface area contributed by atoms with Gasteiger partial charge in [-0.3, -0.25) is 4.79 Å². The highest BCUT2D eigenvalue weighted by molar-refractivity contribution is 5.81. The van der Waals surface area contributed by atoms with E-state index < -0.39 is 23.1 Å². The summed E-state index contributed by atoms with van der Waals surface area (Å²) in [7, 11) is 0. The first-order chi connectivity index (χ1) is 22.4. The topological polar surface area (TPSA) is 175 Å². The molecule has 5 rings (SSSR count). The van der Waals surface area contributed by atoms with Gasteiger partial charge < -0.3 is 20.5 Å². The number of benzene rings is 1. The van der Waals surface area contributed by atoms with E-state index in [0.29, 0.717) is 35.9 Å². The molecule has 0 spiro atoms. The van der Waals surface area contributed by atoms with Crippen LogP contribution >= 0.6 is 0 Å². The van der Waals surface area contributed by atoms with Crippen molar-refractivity contribution in [2.75, 3.05) is 6.54 Å². The average Bonchev–Trinajstić information content (AvgIpc) is 3.39. The molecule has 9 atom stereocenters. The normalized spacial score (nSPS) is 33.7. The van der Waals surface area contributed by atoms with Gasteiger partial charge in [0.1, 0.15) is 24.5 Å². The van der Waals surface area contributed by atoms with Crippen LogP contribution in [0.15, 0.2) is 35.3 Å². The highest BCUT2D eigenvalue weighted by atomic mass is 16.7. The van der Waals surface area contributed by atoms with E-state index in [1.165, 1.54) is 12.8 Å². The second kappa shape index (κ2) is 14.6. The number of hydrogen-bond acceptors (Lipinski definition) is 8. The molecule has 0 heterocycles. The predicted octanol–water partition coefficient (Wildman–Crippen LogP) is 5.32. The number of rotatable bonds is 11. The third-order valence-corrected chi connectivity index (χ3v) is 12.3. The molecule has 4 aliphatic rings. The maximum atomic E-state index is 13.5. The highest BCUT2D eigenvalue weighted by Crippen LogP contribution is 2.67. The summed E-state index contributed by atoms with van der Waals surface area (Å²) >= 11 is 0. The molecule has 0 unspecified atom stereocenters. The summed E-state index contributed by atoms with van der Waals surface area (Å²) in [5, 5.41) is 12.5. The van der Waals surface area contributed by atoms with Gasteiger partial charge in [-0.1, -0.05) is 49.6 Å². The quantitative estimate of drug-likeness (QED) is 0.0713. The molecule has 4 saturated carbocycles. The Morgan fingerprint density at radius 2 is 1.77 bits per heavy atom. The van der Waals surface area contributed by atoms with Crippen LogP contribution in [0.1, 0.15) is 97.0 Å². The number of amides is 1. The largest absolute Gasteiger partial charge is 0.461 e. The second-order valence-electron chi connectivity index (χ2n) is 14.8. The molecule has 1 aromatic rings. The number of guanidine groups is 1. The SMILES string of the molecule is CC(=O)[C@H]1CC[C@H]2[C@@H]3CC[C@@H]4C[C@H](OC(=O)[C@H](CCCN=C(N)N[N+](=O)[O-])NC(=O)OCc5ccccc5)CC[C@]4(C)[C@H]3CC[C@]12C. The fraction of sp³-hybridized carbons (Fsp3) is 0.714. The zero-order valence-corrected chi connectivity index (χ0v) is 28.0. The Hall–Kier alpha value is -3.70. The lowest BCUT2D eigenvalue weighted by molar-refractivity contribution is -0.525. The third-order valence-electron chi connectivity index (χ3n) is 12.3. The summed E-state index contributed by atoms with van der Waals surface area (Å²) in [6, 6.07) is 8.29. The number of nitrogens with two attached hydrogens (primary N) is 1. The Bertz CT molecular complexity index is 1340. The molecule has 258 valence electrons. The lowest BCUT2D eigenvalue weighted by Crippen LogP contribution is -2.54. The maximum absolute atomic E-state index is 13.5. The molecule has 4 fully saturated rings. The van der Waals surface area contributed by atoms with Crippen molar-refractivity contribution in [2.24, 2.45) is 51.1 Å². The van der Waals surface area contributed by atoms with Crippen LogP contribution < -0.4 is 16.5 Å². The van der Waals surface area contributed by atoms with E-state index in [4.69, 9.17) is 15.2 Å². The first-order valence-corrected chi connectivity index (χ1v) is 17.3. The van der Waals surface area contributed by atoms with Crippen molar-refractivity contribution < 1.29 is 28.9 Å². The predicted molar refractivity (Wildman–Crippen MR) is 175 cm³/mol. The summed E-state index contributed by atoms with van der Waals surface area (Å²) in [6.07, 6.45) is 8.90. The van der Waals surface area contributed by atoms with E-state index in [0.717, 1.165) is 50.5 Å². The fourth-order valence-corrected chi connectivity index (χ4v) is 10.0. The number of carbonyl (C=O) groups is 3. The molecule has 47 heavy (non-hydrogen) atoms. The summed E-state index contributed by atoms with van der Waals surface area (Å²) < 4.78 is 11.5. The molecule has 4 N–H and O–H groups in total. The first kappa shape index (κ1) is 34.6. The van der Waals surface area contributed by atoms with E-state index in [9.17, 15) is 24.5 Å². The third kappa shape index (κ3) is 7.73. The minimum Gasteiger partial charge on any atom is -0.461 e. The summed E-state index contributed by atoms with van der Waals surface area (Å²) in [4.78, 5) is 53.3. The number of fused-ring (bicyclic) bond motifs is 5. The number of esters is 1. The minimum absolute atomic E-state index is 0.0578. The number of ether oxygens (including phenoxy) is 2. The van der Waals surface area contributed by atoms with Gasteiger partial charge in [0.25, 0.3) is 5.96 Å². The average molecular weight is 654 g/mol. The Morgan fingerprint density at radius 1 is 1.04 bits per heavy atom. The Labute approximate surface area is 277 Å². The molecule has 4 aliphatic carbocycles. The second-order valence-corrected chi connectivity index (χ2v) is 14.8. The summed E-state index contributed by atoms with van der Waals surface area (Å²) in [6.45, 7) is 6.79. The number of nitro groups is 1. The monoisotopic (exact) mass is 653 g/mol. The van der Waals surface area contributed by atoms with Gasteiger partial charge >= 0.3 is 12.1 Å². The molecule has 0 saturated heterocycles. The van der Waals surface area contributed by atoms with Gasteiger partial charge in [0.2, 0.25) is 0 Å². The van der Waals surface area contributed by atoms with Gasteiger partial charge in [0, 0.05) is 12.5 Å². The number of nitrogens with one attached hydrogen (secondary N) is 2. The van der Waals surface area contributed by atoms with Crippen LogP contribution in [0.2, 0.25) is 0 Å². The smallest absolute Gasteiger partial charge is 0.408 e. The molecular formula is C35H51N5O7. The lowest BCUT2D eigenvalue weighted by atomic mass is 9.44. The molecule has 0 bridgehead atoms. The van der Waals surface area contributed by atoms with Crippen molar-refractivity contribution in [2.45, 2.75) is 110 Å². The zero-order valence-electron chi connectivity index (χ0n) is 28.0. The number of hydrogen-bond donors (Lipinski definition) is 3. The van der Waals surface area contributed by atoms with E-state index in [1.807, 2.05) is 30.3 Å². The van der Waals surface area contributed by atoms with Crippen molar-refractivity contribution in [3.05, 3.63) is 46.0 Å².